The number of nitrogens with one attached hydrogen (secondary N) is 1. The summed E-state index contributed by atoms with van der Waals surface area (Å²) in [7, 11) is 1.74. The van der Waals surface area contributed by atoms with Gasteiger partial charge in [0, 0.05) is 32.3 Å². The first-order chi connectivity index (χ1) is 16.2. The van der Waals surface area contributed by atoms with Crippen LogP contribution in [0.1, 0.15) is 34.6 Å². The molecule has 5 rings (SSSR count). The molecule has 2 aliphatic rings. The number of carbonyl (C=O) groups is 1. The number of aliphatic hydroxyl groups is 1. The van der Waals surface area contributed by atoms with Gasteiger partial charge in [-0.15, -0.1) is 0 Å². The van der Waals surface area contributed by atoms with Crippen molar-refractivity contribution in [2.24, 2.45) is 24.8 Å². The van der Waals surface area contributed by atoms with Crippen molar-refractivity contribution in [1.82, 2.24) is 14.5 Å². The van der Waals surface area contributed by atoms with Gasteiger partial charge in [-0.25, -0.2) is 14.8 Å². The van der Waals surface area contributed by atoms with Gasteiger partial charge in [-0.3, -0.25) is 9.36 Å². The second-order valence-electron chi connectivity index (χ2n) is 9.31. The molecule has 0 bridgehead atoms. The predicted molar refractivity (Wildman–Crippen MR) is 130 cm³/mol. The highest BCUT2D eigenvalue weighted by Gasteiger charge is 2.55. The summed E-state index contributed by atoms with van der Waals surface area (Å²) in [5.74, 6) is 0.671. The topological polar surface area (TPSA) is 121 Å². The number of benzene rings is 1. The van der Waals surface area contributed by atoms with Crippen LogP contribution < -0.4 is 15.8 Å². The maximum atomic E-state index is 13.3. The molecule has 3 atom stereocenters. The third kappa shape index (κ3) is 3.69. The molecular formula is C24H26ClN5O4. The van der Waals surface area contributed by atoms with Gasteiger partial charge in [0.25, 0.3) is 5.56 Å². The number of hydrogen-bond acceptors (Lipinski definition) is 7. The summed E-state index contributed by atoms with van der Waals surface area (Å²) in [4.78, 5) is 36.0. The molecule has 178 valence electrons. The van der Waals surface area contributed by atoms with E-state index in [-0.39, 0.29) is 29.1 Å². The first-order valence-electron chi connectivity index (χ1n) is 11.2. The van der Waals surface area contributed by atoms with E-state index in [1.165, 1.54) is 6.07 Å². The molecule has 0 radical (unpaired) electrons. The van der Waals surface area contributed by atoms with Crippen molar-refractivity contribution in [3.05, 3.63) is 56.6 Å². The number of fused-ring (bicyclic) bond motifs is 2. The van der Waals surface area contributed by atoms with Gasteiger partial charge in [-0.1, -0.05) is 17.7 Å². The molecule has 1 aromatic carbocycles. The van der Waals surface area contributed by atoms with Crippen LogP contribution in [0.3, 0.4) is 0 Å². The Morgan fingerprint density at radius 3 is 2.62 bits per heavy atom. The van der Waals surface area contributed by atoms with Crippen LogP contribution >= 0.6 is 11.6 Å². The number of pyridine rings is 1. The van der Waals surface area contributed by atoms with Crippen LogP contribution in [0.4, 0.5) is 11.6 Å². The molecule has 1 aliphatic carbocycles. The molecule has 2 aromatic heterocycles. The number of piperidine rings is 1. The van der Waals surface area contributed by atoms with Crippen molar-refractivity contribution >= 4 is 40.1 Å². The predicted octanol–water partition coefficient (Wildman–Crippen LogP) is 2.84. The van der Waals surface area contributed by atoms with Crippen LogP contribution in [0.15, 0.2) is 29.1 Å². The van der Waals surface area contributed by atoms with Gasteiger partial charge in [0.05, 0.1) is 22.6 Å². The largest absolute Gasteiger partial charge is 0.476 e. The number of halogens is 1. The number of anilines is 2. The van der Waals surface area contributed by atoms with E-state index >= 15 is 0 Å². The zero-order valence-corrected chi connectivity index (χ0v) is 19.9. The maximum absolute atomic E-state index is 13.3. The molecule has 9 nitrogen and oxygen atoms in total. The molecule has 34 heavy (non-hydrogen) atoms. The highest BCUT2D eigenvalue weighted by Crippen LogP contribution is 2.51. The standard InChI is InChI=1S/C24H26ClN5O4/c1-11-6-13(12(2)26-18-4-5-19(25)27-21(18)23(33)34)20-14(7-11)22(32)29(3)24(28-20)30-8-15-16(9-30)17(15)10-31/h4-7,12,15-17,26,31H,8-10H2,1-3H3,(H,33,34)/t12-,15-,16-/m1/s1. The number of aromatic nitrogens is 3. The quantitative estimate of drug-likeness (QED) is 0.458. The van der Waals surface area contributed by atoms with Gasteiger partial charge in [-0.05, 0) is 55.4 Å². The molecule has 3 aromatic rings. The van der Waals surface area contributed by atoms with Crippen molar-refractivity contribution in [1.29, 1.82) is 0 Å². The number of carboxylic acid groups (broad SMARTS) is 1. The lowest BCUT2D eigenvalue weighted by molar-refractivity contribution is 0.0691. The Morgan fingerprint density at radius 1 is 1.26 bits per heavy atom. The van der Waals surface area contributed by atoms with E-state index in [0.29, 0.717) is 40.3 Å². The summed E-state index contributed by atoms with van der Waals surface area (Å²) in [5.41, 5.74) is 2.31. The van der Waals surface area contributed by atoms with Crippen LogP contribution in [0, 0.1) is 24.7 Å². The average Bonchev–Trinajstić information content (AvgIpc) is 3.27. The molecule has 0 amide bonds. The lowest BCUT2D eigenvalue weighted by atomic mass is 10.0. The van der Waals surface area contributed by atoms with Crippen molar-refractivity contribution in [3.63, 3.8) is 0 Å². The van der Waals surface area contributed by atoms with Crippen LogP contribution in [0.2, 0.25) is 5.15 Å². The SMILES string of the molecule is Cc1cc([C@@H](C)Nc2ccc(Cl)nc2C(=O)O)c2nc(N3C[C@H]4C(CO)[C@@H]4C3)n(C)c(=O)c2c1. The number of aryl methyl sites for hydroxylation is 1. The Labute approximate surface area is 201 Å². The van der Waals surface area contributed by atoms with E-state index in [4.69, 9.17) is 16.6 Å². The summed E-state index contributed by atoms with van der Waals surface area (Å²) in [5, 5.41) is 22.8. The number of carboxylic acids is 1. The monoisotopic (exact) mass is 483 g/mol. The fourth-order valence-electron chi connectivity index (χ4n) is 5.26. The van der Waals surface area contributed by atoms with Crippen LogP contribution in [-0.2, 0) is 7.05 Å². The molecule has 1 saturated carbocycles. The fourth-order valence-corrected chi connectivity index (χ4v) is 5.41. The molecular weight excluding hydrogens is 458 g/mol. The fraction of sp³-hybridized carbons (Fsp3) is 0.417. The lowest BCUT2D eigenvalue weighted by Crippen LogP contribution is -2.33. The van der Waals surface area contributed by atoms with E-state index in [0.717, 1.165) is 24.2 Å². The van der Waals surface area contributed by atoms with Gasteiger partial charge in [0.2, 0.25) is 5.95 Å². The van der Waals surface area contributed by atoms with Gasteiger partial charge in [-0.2, -0.15) is 0 Å². The Bertz CT molecular complexity index is 1360. The van der Waals surface area contributed by atoms with Gasteiger partial charge < -0.3 is 20.4 Å². The Hall–Kier alpha value is -3.17. The van der Waals surface area contributed by atoms with Gasteiger partial charge in [0.1, 0.15) is 5.15 Å². The van der Waals surface area contributed by atoms with Gasteiger partial charge in [0.15, 0.2) is 5.69 Å². The summed E-state index contributed by atoms with van der Waals surface area (Å²) >= 11 is 5.89. The minimum atomic E-state index is -1.19. The van der Waals surface area contributed by atoms with Crippen molar-refractivity contribution in [2.75, 3.05) is 29.9 Å². The van der Waals surface area contributed by atoms with Crippen molar-refractivity contribution < 1.29 is 15.0 Å². The van der Waals surface area contributed by atoms with Crippen molar-refractivity contribution in [2.45, 2.75) is 19.9 Å². The first-order valence-corrected chi connectivity index (χ1v) is 11.6. The Balaban J connectivity index is 1.56. The molecule has 2 fully saturated rings. The van der Waals surface area contributed by atoms with Crippen molar-refractivity contribution in [3.8, 4) is 0 Å². The molecule has 3 heterocycles. The van der Waals surface area contributed by atoms with E-state index in [1.807, 2.05) is 26.0 Å². The minimum absolute atomic E-state index is 0.0958. The second kappa shape index (κ2) is 8.25. The summed E-state index contributed by atoms with van der Waals surface area (Å²) in [6.07, 6.45) is 0. The molecule has 1 aliphatic heterocycles. The van der Waals surface area contributed by atoms with E-state index in [9.17, 15) is 19.8 Å². The first kappa shape index (κ1) is 22.6. The third-order valence-corrected chi connectivity index (χ3v) is 7.31. The van der Waals surface area contributed by atoms with Crippen LogP contribution in [0.5, 0.6) is 0 Å². The smallest absolute Gasteiger partial charge is 0.356 e. The normalized spacial score (nSPS) is 22.0. The number of rotatable bonds is 6. The zero-order chi connectivity index (χ0) is 24.3. The number of nitrogens with zero attached hydrogens (tertiary/aromatic N) is 4. The Kier molecular flexibility index (Phi) is 5.49. The summed E-state index contributed by atoms with van der Waals surface area (Å²) in [6.45, 7) is 5.56. The highest BCUT2D eigenvalue weighted by molar-refractivity contribution is 6.29. The average molecular weight is 484 g/mol. The summed E-state index contributed by atoms with van der Waals surface area (Å²) < 4.78 is 1.59. The number of hydrogen-bond donors (Lipinski definition) is 3. The van der Waals surface area contributed by atoms with E-state index in [2.05, 4.69) is 15.2 Å². The number of aliphatic hydroxyl groups excluding tert-OH is 1. The molecule has 3 N–H and O–H groups in total. The minimum Gasteiger partial charge on any atom is -0.476 e. The highest BCUT2D eigenvalue weighted by atomic mass is 35.5. The maximum Gasteiger partial charge on any atom is 0.356 e. The molecule has 0 spiro atoms. The summed E-state index contributed by atoms with van der Waals surface area (Å²) in [6, 6.07) is 6.55. The third-order valence-electron chi connectivity index (χ3n) is 7.10. The Morgan fingerprint density at radius 2 is 1.97 bits per heavy atom. The van der Waals surface area contributed by atoms with Crippen LogP contribution in [0.25, 0.3) is 10.9 Å². The zero-order valence-electron chi connectivity index (χ0n) is 19.1. The lowest BCUT2D eigenvalue weighted by Gasteiger charge is -2.24. The van der Waals surface area contributed by atoms with E-state index < -0.39 is 5.97 Å². The second-order valence-corrected chi connectivity index (χ2v) is 9.69. The molecule has 1 saturated heterocycles. The molecule has 0 unspecified atom stereocenters. The number of aromatic carboxylic acids is 1. The van der Waals surface area contributed by atoms with Gasteiger partial charge >= 0.3 is 5.97 Å². The van der Waals surface area contributed by atoms with Crippen LogP contribution in [-0.4, -0.2) is 50.4 Å². The van der Waals surface area contributed by atoms with E-state index in [1.54, 1.807) is 17.7 Å². The molecule has 10 heteroatoms.